The third-order valence-corrected chi connectivity index (χ3v) is 6.22. The van der Waals surface area contributed by atoms with E-state index in [1.807, 2.05) is 35.2 Å². The van der Waals surface area contributed by atoms with E-state index in [0.29, 0.717) is 38.0 Å². The van der Waals surface area contributed by atoms with E-state index in [4.69, 9.17) is 4.74 Å². The fourth-order valence-corrected chi connectivity index (χ4v) is 4.71. The standard InChI is InChI=1S/C26H29F2NO2/c1-31-25(30)22-11-12-24-21(15-22)5-2-3-6-23(24)20-9-7-19(8-10-20)16-26(28)17-29(18-26)14-4-13-27/h6-12,15H,2-5,13-14,16-18H2,1H3. The predicted molar refractivity (Wildman–Crippen MR) is 119 cm³/mol. The van der Waals surface area contributed by atoms with E-state index in [-0.39, 0.29) is 12.6 Å². The number of halogens is 2. The van der Waals surface area contributed by atoms with Gasteiger partial charge in [-0.15, -0.1) is 0 Å². The number of allylic oxidation sites excluding steroid dienone is 1. The highest BCUT2D eigenvalue weighted by molar-refractivity contribution is 5.91. The van der Waals surface area contributed by atoms with Crippen molar-refractivity contribution in [1.82, 2.24) is 4.90 Å². The van der Waals surface area contributed by atoms with Gasteiger partial charge in [-0.3, -0.25) is 9.29 Å². The summed E-state index contributed by atoms with van der Waals surface area (Å²) in [6, 6.07) is 13.9. The smallest absolute Gasteiger partial charge is 0.337 e. The van der Waals surface area contributed by atoms with Crippen molar-refractivity contribution >= 4 is 11.5 Å². The van der Waals surface area contributed by atoms with Crippen molar-refractivity contribution in [3.05, 3.63) is 76.4 Å². The molecule has 1 fully saturated rings. The number of methoxy groups -OCH3 is 1. The highest BCUT2D eigenvalue weighted by Gasteiger charge is 2.42. The minimum absolute atomic E-state index is 0.318. The molecular weight excluding hydrogens is 396 g/mol. The number of esters is 1. The summed E-state index contributed by atoms with van der Waals surface area (Å²) in [6.07, 6.45) is 6.04. The summed E-state index contributed by atoms with van der Waals surface area (Å²) in [5, 5.41) is 0. The maximum atomic E-state index is 14.9. The quantitative estimate of drug-likeness (QED) is 0.574. The molecule has 31 heavy (non-hydrogen) atoms. The topological polar surface area (TPSA) is 29.5 Å². The molecule has 0 atom stereocenters. The molecule has 0 spiro atoms. The van der Waals surface area contributed by atoms with Gasteiger partial charge in [0.25, 0.3) is 0 Å². The van der Waals surface area contributed by atoms with Crippen LogP contribution in [0.5, 0.6) is 0 Å². The van der Waals surface area contributed by atoms with E-state index in [1.165, 1.54) is 7.11 Å². The van der Waals surface area contributed by atoms with Crippen molar-refractivity contribution in [3.63, 3.8) is 0 Å². The minimum atomic E-state index is -1.21. The van der Waals surface area contributed by atoms with Crippen LogP contribution in [0.3, 0.4) is 0 Å². The lowest BCUT2D eigenvalue weighted by molar-refractivity contribution is -0.0323. The molecule has 1 aliphatic heterocycles. The van der Waals surface area contributed by atoms with E-state index in [9.17, 15) is 13.6 Å². The van der Waals surface area contributed by atoms with Crippen molar-refractivity contribution < 1.29 is 18.3 Å². The van der Waals surface area contributed by atoms with Crippen LogP contribution in [0, 0.1) is 0 Å². The van der Waals surface area contributed by atoms with E-state index < -0.39 is 5.67 Å². The van der Waals surface area contributed by atoms with E-state index in [1.54, 1.807) is 0 Å². The fourth-order valence-electron chi connectivity index (χ4n) is 4.71. The summed E-state index contributed by atoms with van der Waals surface area (Å²) >= 11 is 0. The van der Waals surface area contributed by atoms with Crippen LogP contribution >= 0.6 is 0 Å². The Bertz CT molecular complexity index is 962. The molecule has 1 saturated heterocycles. The zero-order valence-electron chi connectivity index (χ0n) is 18.0. The number of alkyl halides is 2. The van der Waals surface area contributed by atoms with E-state index in [0.717, 1.165) is 47.1 Å². The Kier molecular flexibility index (Phi) is 6.51. The van der Waals surface area contributed by atoms with Gasteiger partial charge in [-0.1, -0.05) is 36.4 Å². The maximum absolute atomic E-state index is 14.9. The van der Waals surface area contributed by atoms with E-state index >= 15 is 0 Å². The van der Waals surface area contributed by atoms with Crippen molar-refractivity contribution in [3.8, 4) is 0 Å². The van der Waals surface area contributed by atoms with Gasteiger partial charge in [0, 0.05) is 26.1 Å². The first kappa shape index (κ1) is 21.7. The Balaban J connectivity index is 1.48. The van der Waals surface area contributed by atoms with Crippen LogP contribution in [0.2, 0.25) is 0 Å². The number of hydrogen-bond donors (Lipinski definition) is 0. The van der Waals surface area contributed by atoms with Crippen molar-refractivity contribution in [2.24, 2.45) is 0 Å². The molecule has 0 bridgehead atoms. The normalized spacial score (nSPS) is 17.8. The van der Waals surface area contributed by atoms with Gasteiger partial charge in [-0.2, -0.15) is 0 Å². The molecule has 2 aliphatic rings. The van der Waals surface area contributed by atoms with Crippen LogP contribution in [-0.2, 0) is 17.6 Å². The molecule has 0 saturated carbocycles. The van der Waals surface area contributed by atoms with Gasteiger partial charge in [0.1, 0.15) is 5.67 Å². The number of carbonyl (C=O) groups excluding carboxylic acids is 1. The lowest BCUT2D eigenvalue weighted by Gasteiger charge is -2.44. The van der Waals surface area contributed by atoms with Gasteiger partial charge in [-0.25, -0.2) is 9.18 Å². The zero-order valence-corrected chi connectivity index (χ0v) is 18.0. The van der Waals surface area contributed by atoms with Gasteiger partial charge in [0.15, 0.2) is 0 Å². The predicted octanol–water partition coefficient (Wildman–Crippen LogP) is 5.17. The zero-order chi connectivity index (χ0) is 21.8. The lowest BCUT2D eigenvalue weighted by atomic mass is 9.87. The Morgan fingerprint density at radius 2 is 1.94 bits per heavy atom. The van der Waals surface area contributed by atoms with Gasteiger partial charge in [0.2, 0.25) is 0 Å². The minimum Gasteiger partial charge on any atom is -0.465 e. The summed E-state index contributed by atoms with van der Waals surface area (Å²) in [7, 11) is 1.40. The summed E-state index contributed by atoms with van der Waals surface area (Å²) in [4.78, 5) is 13.9. The number of fused-ring (bicyclic) bond motifs is 1. The maximum Gasteiger partial charge on any atom is 0.337 e. The first-order valence-electron chi connectivity index (χ1n) is 11.0. The first-order chi connectivity index (χ1) is 15.0. The van der Waals surface area contributed by atoms with Gasteiger partial charge in [-0.05, 0) is 65.6 Å². The third-order valence-electron chi connectivity index (χ3n) is 6.22. The molecule has 3 nitrogen and oxygen atoms in total. The number of aryl methyl sites for hydroxylation is 1. The molecule has 0 aromatic heterocycles. The number of hydrogen-bond acceptors (Lipinski definition) is 3. The van der Waals surface area contributed by atoms with Crippen molar-refractivity contribution in [2.45, 2.75) is 37.8 Å². The molecule has 5 heteroatoms. The van der Waals surface area contributed by atoms with Gasteiger partial charge < -0.3 is 4.74 Å². The number of likely N-dealkylation sites (tertiary alicyclic amines) is 1. The molecule has 0 N–H and O–H groups in total. The molecular formula is C26H29F2NO2. The Morgan fingerprint density at radius 3 is 2.65 bits per heavy atom. The second-order valence-corrected chi connectivity index (χ2v) is 8.65. The molecule has 0 radical (unpaired) electrons. The second kappa shape index (κ2) is 9.31. The van der Waals surface area contributed by atoms with Crippen LogP contribution in [-0.4, -0.2) is 50.0 Å². The Morgan fingerprint density at radius 1 is 1.16 bits per heavy atom. The molecule has 4 rings (SSSR count). The highest BCUT2D eigenvalue weighted by atomic mass is 19.1. The van der Waals surface area contributed by atoms with Gasteiger partial charge in [0.05, 0.1) is 19.3 Å². The fraction of sp³-hybridized carbons (Fsp3) is 0.423. The number of benzene rings is 2. The first-order valence-corrected chi connectivity index (χ1v) is 11.0. The van der Waals surface area contributed by atoms with Crippen LogP contribution < -0.4 is 0 Å². The highest BCUT2D eigenvalue weighted by Crippen LogP contribution is 2.33. The number of carbonyl (C=O) groups is 1. The summed E-state index contributed by atoms with van der Waals surface area (Å²) in [6.45, 7) is 1.05. The van der Waals surface area contributed by atoms with E-state index in [2.05, 4.69) is 18.2 Å². The summed E-state index contributed by atoms with van der Waals surface area (Å²) < 4.78 is 32.1. The number of nitrogens with zero attached hydrogens (tertiary/aromatic N) is 1. The average Bonchev–Trinajstić information content (AvgIpc) is 2.98. The molecule has 1 aliphatic carbocycles. The molecule has 1 heterocycles. The van der Waals surface area contributed by atoms with Crippen LogP contribution in [0.4, 0.5) is 8.78 Å². The Hall–Kier alpha value is -2.53. The number of ether oxygens (including phenoxy) is 1. The van der Waals surface area contributed by atoms with Crippen molar-refractivity contribution in [2.75, 3.05) is 33.4 Å². The third kappa shape index (κ3) is 4.87. The summed E-state index contributed by atoms with van der Waals surface area (Å²) in [5.74, 6) is -0.318. The molecule has 164 valence electrons. The molecule has 2 aromatic rings. The SMILES string of the molecule is COC(=O)c1ccc2c(c1)CCCC=C2c1ccc(CC2(F)CN(CCCF)C2)cc1. The van der Waals surface area contributed by atoms with Crippen LogP contribution in [0.15, 0.2) is 48.5 Å². The van der Waals surface area contributed by atoms with Crippen LogP contribution in [0.25, 0.3) is 5.57 Å². The van der Waals surface area contributed by atoms with Gasteiger partial charge >= 0.3 is 5.97 Å². The molecule has 0 unspecified atom stereocenters. The van der Waals surface area contributed by atoms with Crippen molar-refractivity contribution in [1.29, 1.82) is 0 Å². The second-order valence-electron chi connectivity index (χ2n) is 8.65. The number of rotatable bonds is 7. The lowest BCUT2D eigenvalue weighted by Crippen LogP contribution is -2.60. The average molecular weight is 426 g/mol. The van der Waals surface area contributed by atoms with Crippen LogP contribution in [0.1, 0.15) is 51.9 Å². The Labute approximate surface area is 182 Å². The largest absolute Gasteiger partial charge is 0.465 e. The monoisotopic (exact) mass is 425 g/mol. The molecule has 0 amide bonds. The molecule has 2 aromatic carbocycles. The summed E-state index contributed by atoms with van der Waals surface area (Å²) in [5.41, 5.74) is 4.90.